The van der Waals surface area contributed by atoms with Gasteiger partial charge in [-0.1, -0.05) is 117 Å². The maximum Gasteiger partial charge on any atom is 0.192 e. The molecule has 1 rings (SSSR count). The van der Waals surface area contributed by atoms with Crippen LogP contribution in [0.2, 0.25) is 37.8 Å². The predicted molar refractivity (Wildman–Crippen MR) is 154 cm³/mol. The largest absolute Gasteiger partial charge is 0.411 e. The average Bonchev–Trinajstić information content (AvgIpc) is 3.21. The maximum absolute atomic E-state index is 10.6. The summed E-state index contributed by atoms with van der Waals surface area (Å²) in [6.45, 7) is 20.5. The normalized spacial score (nSPS) is 21.2. The van der Waals surface area contributed by atoms with Crippen molar-refractivity contribution < 1.29 is 14.3 Å². The van der Waals surface area contributed by atoms with Crippen LogP contribution in [0, 0.1) is 11.5 Å². The standard InChI is InChI=1S/C29H58O3Si2/c1-10-11-12-13-14-15-16-17-18-19-20-28(32-34(8,9)29(2,3)4)27-22-21-26(31-27)25(30)23-24-33(5,6)7/h25-28,30H,10-22H2,1-9H3/t25-,26+,27-,28-/m1/s1. The molecule has 1 aliphatic heterocycles. The van der Waals surface area contributed by atoms with Gasteiger partial charge in [-0.2, -0.15) is 0 Å². The van der Waals surface area contributed by atoms with Gasteiger partial charge in [-0.15, -0.1) is 5.54 Å². The highest BCUT2D eigenvalue weighted by Gasteiger charge is 2.43. The molecule has 1 heterocycles. The van der Waals surface area contributed by atoms with E-state index in [1.165, 1.54) is 64.2 Å². The molecule has 0 aliphatic carbocycles. The van der Waals surface area contributed by atoms with E-state index in [9.17, 15) is 5.11 Å². The minimum Gasteiger partial charge on any atom is -0.411 e. The number of aliphatic hydroxyl groups is 1. The highest BCUT2D eigenvalue weighted by atomic mass is 28.4. The number of rotatable bonds is 15. The lowest BCUT2D eigenvalue weighted by Crippen LogP contribution is -2.47. The Hall–Kier alpha value is -0.126. The number of hydrogen-bond acceptors (Lipinski definition) is 3. The third-order valence-electron chi connectivity index (χ3n) is 7.54. The molecule has 0 amide bonds. The van der Waals surface area contributed by atoms with Crippen molar-refractivity contribution in [3.8, 4) is 11.5 Å². The maximum atomic E-state index is 10.6. The van der Waals surface area contributed by atoms with Gasteiger partial charge >= 0.3 is 0 Å². The van der Waals surface area contributed by atoms with Crippen molar-refractivity contribution in [3.05, 3.63) is 0 Å². The van der Waals surface area contributed by atoms with E-state index in [-0.39, 0.29) is 23.4 Å². The highest BCUT2D eigenvalue weighted by Crippen LogP contribution is 2.40. The lowest BCUT2D eigenvalue weighted by atomic mass is 10.0. The van der Waals surface area contributed by atoms with Crippen LogP contribution in [-0.2, 0) is 9.16 Å². The lowest BCUT2D eigenvalue weighted by Gasteiger charge is -2.41. The molecule has 1 N–H and O–H groups in total. The van der Waals surface area contributed by atoms with Crippen LogP contribution in [0.15, 0.2) is 0 Å². The summed E-state index contributed by atoms with van der Waals surface area (Å²) in [4.78, 5) is 0. The van der Waals surface area contributed by atoms with Crippen molar-refractivity contribution in [2.75, 3.05) is 0 Å². The summed E-state index contributed by atoms with van der Waals surface area (Å²) in [6.07, 6.45) is 15.8. The summed E-state index contributed by atoms with van der Waals surface area (Å²) in [5.41, 5.74) is 3.31. The molecule has 0 aromatic carbocycles. The van der Waals surface area contributed by atoms with E-state index in [2.05, 4.69) is 71.9 Å². The first kappa shape index (κ1) is 31.9. The van der Waals surface area contributed by atoms with Crippen molar-refractivity contribution in [1.82, 2.24) is 0 Å². The minimum absolute atomic E-state index is 0.0843. The zero-order valence-corrected chi connectivity index (χ0v) is 26.3. The van der Waals surface area contributed by atoms with Crippen molar-refractivity contribution in [2.45, 2.75) is 173 Å². The van der Waals surface area contributed by atoms with Gasteiger partial charge in [0.1, 0.15) is 14.2 Å². The zero-order chi connectivity index (χ0) is 25.8. The molecular weight excluding hydrogens is 452 g/mol. The minimum atomic E-state index is -1.89. The van der Waals surface area contributed by atoms with Crippen LogP contribution in [0.3, 0.4) is 0 Å². The second kappa shape index (κ2) is 15.2. The Morgan fingerprint density at radius 2 is 1.35 bits per heavy atom. The number of hydrogen-bond donors (Lipinski definition) is 1. The summed E-state index contributed by atoms with van der Waals surface area (Å²) in [6, 6.07) is 0. The Morgan fingerprint density at radius 1 is 0.853 bits per heavy atom. The SMILES string of the molecule is CCCCCCCCCCCC[C@@H](O[Si](C)(C)C(C)(C)C)[C@H]1CC[C@@H]([C@H](O)C#C[Si](C)(C)C)O1. The van der Waals surface area contributed by atoms with E-state index >= 15 is 0 Å². The van der Waals surface area contributed by atoms with Crippen molar-refractivity contribution in [1.29, 1.82) is 0 Å². The molecular formula is C29H58O3Si2. The molecule has 1 saturated heterocycles. The summed E-state index contributed by atoms with van der Waals surface area (Å²) >= 11 is 0. The molecule has 3 nitrogen and oxygen atoms in total. The van der Waals surface area contributed by atoms with Gasteiger partial charge in [-0.05, 0) is 37.4 Å². The summed E-state index contributed by atoms with van der Waals surface area (Å²) < 4.78 is 13.3. The van der Waals surface area contributed by atoms with E-state index in [4.69, 9.17) is 9.16 Å². The molecule has 0 spiro atoms. The van der Waals surface area contributed by atoms with Crippen molar-refractivity contribution in [2.24, 2.45) is 0 Å². The molecule has 0 radical (unpaired) electrons. The Kier molecular flexibility index (Phi) is 14.3. The van der Waals surface area contributed by atoms with Crippen LogP contribution in [0.4, 0.5) is 0 Å². The number of unbranched alkanes of at least 4 members (excludes halogenated alkanes) is 9. The molecule has 0 aromatic rings. The summed E-state index contributed by atoms with van der Waals surface area (Å²) in [5.74, 6) is 3.09. The van der Waals surface area contributed by atoms with Gasteiger partial charge in [0.25, 0.3) is 0 Å². The van der Waals surface area contributed by atoms with E-state index in [1.54, 1.807) is 0 Å². The molecule has 1 aliphatic rings. The topological polar surface area (TPSA) is 38.7 Å². The zero-order valence-electron chi connectivity index (χ0n) is 24.3. The van der Waals surface area contributed by atoms with Crippen molar-refractivity contribution >= 4 is 16.4 Å². The lowest BCUT2D eigenvalue weighted by molar-refractivity contribution is -0.0600. The van der Waals surface area contributed by atoms with E-state index in [0.717, 1.165) is 19.3 Å². The van der Waals surface area contributed by atoms with Crippen molar-refractivity contribution in [3.63, 3.8) is 0 Å². The predicted octanol–water partition coefficient (Wildman–Crippen LogP) is 8.48. The van der Waals surface area contributed by atoms with Crippen LogP contribution < -0.4 is 0 Å². The van der Waals surface area contributed by atoms with Gasteiger partial charge in [0.05, 0.1) is 18.3 Å². The second-order valence-electron chi connectivity index (χ2n) is 13.1. The van der Waals surface area contributed by atoms with Crippen LogP contribution in [0.5, 0.6) is 0 Å². The van der Waals surface area contributed by atoms with E-state index < -0.39 is 22.5 Å². The molecule has 0 aromatic heterocycles. The first-order valence-corrected chi connectivity index (χ1v) is 20.7. The van der Waals surface area contributed by atoms with Gasteiger partial charge in [-0.25, -0.2) is 0 Å². The van der Waals surface area contributed by atoms with E-state index in [1.807, 2.05) is 0 Å². The molecule has 0 bridgehead atoms. The first-order chi connectivity index (χ1) is 15.8. The van der Waals surface area contributed by atoms with Gasteiger partial charge in [0, 0.05) is 0 Å². The van der Waals surface area contributed by atoms with Crippen LogP contribution >= 0.6 is 0 Å². The van der Waals surface area contributed by atoms with Gasteiger partial charge < -0.3 is 14.3 Å². The summed E-state index contributed by atoms with van der Waals surface area (Å²) in [7, 11) is -3.39. The van der Waals surface area contributed by atoms with E-state index in [0.29, 0.717) is 0 Å². The third-order valence-corrected chi connectivity index (χ3v) is 12.9. The molecule has 0 unspecified atom stereocenters. The average molecular weight is 511 g/mol. The Labute approximate surface area is 215 Å². The fourth-order valence-electron chi connectivity index (χ4n) is 4.29. The smallest absolute Gasteiger partial charge is 0.192 e. The monoisotopic (exact) mass is 510 g/mol. The Bertz CT molecular complexity index is 610. The summed E-state index contributed by atoms with van der Waals surface area (Å²) in [5, 5.41) is 10.8. The molecule has 200 valence electrons. The molecule has 0 saturated carbocycles. The number of ether oxygens (including phenoxy) is 1. The Balaban J connectivity index is 2.59. The first-order valence-electron chi connectivity index (χ1n) is 14.3. The molecule has 34 heavy (non-hydrogen) atoms. The van der Waals surface area contributed by atoms with Gasteiger partial charge in [-0.3, -0.25) is 0 Å². The molecule has 5 heteroatoms. The molecule has 4 atom stereocenters. The second-order valence-corrected chi connectivity index (χ2v) is 22.6. The highest BCUT2D eigenvalue weighted by molar-refractivity contribution is 6.83. The van der Waals surface area contributed by atoms with Crippen LogP contribution in [0.1, 0.15) is 111 Å². The fourth-order valence-corrected chi connectivity index (χ4v) is 6.25. The molecule has 1 fully saturated rings. The van der Waals surface area contributed by atoms with Gasteiger partial charge in [0.15, 0.2) is 8.32 Å². The van der Waals surface area contributed by atoms with Crippen LogP contribution in [0.25, 0.3) is 0 Å². The van der Waals surface area contributed by atoms with Gasteiger partial charge in [0.2, 0.25) is 0 Å². The third kappa shape index (κ3) is 12.7. The number of aliphatic hydroxyl groups excluding tert-OH is 1. The fraction of sp³-hybridized carbons (Fsp3) is 0.931. The quantitative estimate of drug-likeness (QED) is 0.136. The van der Waals surface area contributed by atoms with Crippen LogP contribution in [-0.4, -0.2) is 45.9 Å². The Morgan fingerprint density at radius 3 is 1.85 bits per heavy atom.